The molecule has 208 valence electrons. The minimum absolute atomic E-state index is 0.0574. The van der Waals surface area contributed by atoms with Crippen LogP contribution < -0.4 is 14.2 Å². The molecule has 0 atom stereocenters. The van der Waals surface area contributed by atoms with Gasteiger partial charge in [0.2, 0.25) is 0 Å². The van der Waals surface area contributed by atoms with Crippen molar-refractivity contribution in [3.05, 3.63) is 76.8 Å². The van der Waals surface area contributed by atoms with Gasteiger partial charge in [-0.25, -0.2) is 16.8 Å². The van der Waals surface area contributed by atoms with E-state index in [0.717, 1.165) is 12.8 Å². The van der Waals surface area contributed by atoms with Gasteiger partial charge in [0.05, 0.1) is 28.2 Å². The van der Waals surface area contributed by atoms with E-state index in [9.17, 15) is 21.6 Å². The first kappa shape index (κ1) is 28.7. The van der Waals surface area contributed by atoms with Crippen LogP contribution in [-0.4, -0.2) is 47.8 Å². The molecule has 2 N–H and O–H groups in total. The molecule has 1 heterocycles. The molecule has 1 amide bonds. The Morgan fingerprint density at radius 3 is 2.18 bits per heavy atom. The van der Waals surface area contributed by atoms with E-state index in [1.807, 2.05) is 0 Å². The summed E-state index contributed by atoms with van der Waals surface area (Å²) < 4.78 is 62.3. The van der Waals surface area contributed by atoms with Crippen LogP contribution in [0.2, 0.25) is 5.02 Å². The Balaban J connectivity index is 1.53. The first-order chi connectivity index (χ1) is 18.4. The average molecular weight is 592 g/mol. The Morgan fingerprint density at radius 2 is 1.54 bits per heavy atom. The Labute approximate surface area is 234 Å². The van der Waals surface area contributed by atoms with Crippen LogP contribution in [-0.2, 0) is 20.0 Å². The van der Waals surface area contributed by atoms with E-state index in [1.165, 1.54) is 49.6 Å². The Hall–Kier alpha value is -3.28. The second-order valence-electron chi connectivity index (χ2n) is 9.48. The normalized spacial score (nSPS) is 14.6. The maximum atomic E-state index is 13.2. The Bertz CT molecular complexity index is 1580. The van der Waals surface area contributed by atoms with E-state index < -0.39 is 20.0 Å². The second kappa shape index (κ2) is 11.4. The summed E-state index contributed by atoms with van der Waals surface area (Å²) in [7, 11) is -6.62. The fraction of sp³-hybridized carbons (Fsp3) is 0.296. The first-order valence-corrected chi connectivity index (χ1v) is 15.6. The lowest BCUT2D eigenvalue weighted by Crippen LogP contribution is -2.38. The van der Waals surface area contributed by atoms with Crippen molar-refractivity contribution in [3.63, 3.8) is 0 Å². The quantitative estimate of drug-likeness (QED) is 0.374. The van der Waals surface area contributed by atoms with Gasteiger partial charge in [-0.15, -0.1) is 0 Å². The number of rotatable bonds is 8. The summed E-state index contributed by atoms with van der Waals surface area (Å²) in [6.07, 6.45) is 1.76. The molecule has 0 bridgehead atoms. The number of hydrogen-bond donors (Lipinski definition) is 2. The summed E-state index contributed by atoms with van der Waals surface area (Å²) in [5.41, 5.74) is 1.25. The molecular formula is C27H30ClN3O6S2. The zero-order valence-electron chi connectivity index (χ0n) is 21.8. The zero-order valence-corrected chi connectivity index (χ0v) is 24.2. The van der Waals surface area contributed by atoms with Crippen molar-refractivity contribution in [2.45, 2.75) is 36.5 Å². The number of methoxy groups -OCH3 is 1. The Kier molecular flexibility index (Phi) is 8.43. The van der Waals surface area contributed by atoms with E-state index in [4.69, 9.17) is 16.3 Å². The number of nitrogens with zero attached hydrogens (tertiary/aromatic N) is 1. The average Bonchev–Trinajstić information content (AvgIpc) is 2.91. The fourth-order valence-electron chi connectivity index (χ4n) is 4.24. The standard InChI is InChI=1S/C27H30ClN3O6S2/c1-18-13-15-31(16-14-18)27(32)23-17-22(11-12-26(23)37-3)39(35,36)29-20-7-9-21(10-8-20)38(33,34)30-25-6-4-5-24(28)19(25)2/h4-12,17-18,29-30H,13-16H2,1-3H3. The molecule has 4 rings (SSSR count). The predicted octanol–water partition coefficient (Wildman–Crippen LogP) is 5.13. The molecule has 9 nitrogen and oxygen atoms in total. The van der Waals surface area contributed by atoms with E-state index >= 15 is 0 Å². The maximum absolute atomic E-state index is 13.2. The largest absolute Gasteiger partial charge is 0.496 e. The van der Waals surface area contributed by atoms with Gasteiger partial charge in [-0.3, -0.25) is 14.2 Å². The molecule has 12 heteroatoms. The van der Waals surface area contributed by atoms with Crippen LogP contribution in [0.15, 0.2) is 70.5 Å². The van der Waals surface area contributed by atoms with Crippen LogP contribution in [0.25, 0.3) is 0 Å². The highest BCUT2D eigenvalue weighted by Crippen LogP contribution is 2.29. The number of halogens is 1. The number of amides is 1. The third kappa shape index (κ3) is 6.48. The fourth-order valence-corrected chi connectivity index (χ4v) is 6.62. The molecule has 3 aromatic carbocycles. The monoisotopic (exact) mass is 591 g/mol. The molecule has 0 saturated carbocycles. The number of benzene rings is 3. The lowest BCUT2D eigenvalue weighted by atomic mass is 9.98. The summed E-state index contributed by atoms with van der Waals surface area (Å²) in [5, 5.41) is 0.425. The molecule has 39 heavy (non-hydrogen) atoms. The number of nitrogens with one attached hydrogen (secondary N) is 2. The second-order valence-corrected chi connectivity index (χ2v) is 13.3. The number of carbonyl (C=O) groups is 1. The summed E-state index contributed by atoms with van der Waals surface area (Å²) in [6.45, 7) is 5.03. The number of anilines is 2. The van der Waals surface area contributed by atoms with Crippen LogP contribution in [0.1, 0.15) is 35.7 Å². The molecule has 1 aliphatic rings. The van der Waals surface area contributed by atoms with Crippen molar-refractivity contribution in [1.29, 1.82) is 0 Å². The predicted molar refractivity (Wildman–Crippen MR) is 152 cm³/mol. The minimum atomic E-state index is -4.10. The minimum Gasteiger partial charge on any atom is -0.496 e. The highest BCUT2D eigenvalue weighted by atomic mass is 35.5. The molecule has 1 aliphatic heterocycles. The van der Waals surface area contributed by atoms with Crippen LogP contribution in [0.4, 0.5) is 11.4 Å². The molecule has 0 aliphatic carbocycles. The van der Waals surface area contributed by atoms with Gasteiger partial charge in [-0.05, 0) is 85.8 Å². The van der Waals surface area contributed by atoms with Gasteiger partial charge in [0.15, 0.2) is 0 Å². The topological polar surface area (TPSA) is 122 Å². The molecule has 1 fully saturated rings. The maximum Gasteiger partial charge on any atom is 0.261 e. The summed E-state index contributed by atoms with van der Waals surface area (Å²) in [6, 6.07) is 14.3. The van der Waals surface area contributed by atoms with Gasteiger partial charge >= 0.3 is 0 Å². The number of piperidine rings is 1. The van der Waals surface area contributed by atoms with Crippen molar-refractivity contribution in [2.75, 3.05) is 29.6 Å². The van der Waals surface area contributed by atoms with Crippen molar-refractivity contribution in [1.82, 2.24) is 4.90 Å². The van der Waals surface area contributed by atoms with Gasteiger partial charge in [0.1, 0.15) is 5.75 Å². The van der Waals surface area contributed by atoms with Gasteiger partial charge < -0.3 is 9.64 Å². The molecule has 0 aromatic heterocycles. The van der Waals surface area contributed by atoms with Crippen LogP contribution >= 0.6 is 11.6 Å². The summed E-state index contributed by atoms with van der Waals surface area (Å²) in [4.78, 5) is 14.7. The number of sulfonamides is 2. The third-order valence-electron chi connectivity index (χ3n) is 6.71. The zero-order chi connectivity index (χ0) is 28.4. The number of likely N-dealkylation sites (tertiary alicyclic amines) is 1. The van der Waals surface area contributed by atoms with Crippen molar-refractivity contribution in [3.8, 4) is 5.75 Å². The summed E-state index contributed by atoms with van der Waals surface area (Å²) >= 11 is 6.08. The van der Waals surface area contributed by atoms with Crippen LogP contribution in [0.3, 0.4) is 0 Å². The molecule has 1 saturated heterocycles. The van der Waals surface area contributed by atoms with Crippen molar-refractivity contribution < 1.29 is 26.4 Å². The molecular weight excluding hydrogens is 562 g/mol. The molecule has 0 radical (unpaired) electrons. The number of ether oxygens (including phenoxy) is 1. The van der Waals surface area contributed by atoms with Crippen molar-refractivity contribution >= 4 is 48.9 Å². The van der Waals surface area contributed by atoms with E-state index in [2.05, 4.69) is 16.4 Å². The first-order valence-electron chi connectivity index (χ1n) is 12.3. The number of hydrogen-bond acceptors (Lipinski definition) is 6. The van der Waals surface area contributed by atoms with Crippen LogP contribution in [0.5, 0.6) is 5.75 Å². The molecule has 0 spiro atoms. The lowest BCUT2D eigenvalue weighted by molar-refractivity contribution is 0.0693. The highest BCUT2D eigenvalue weighted by molar-refractivity contribution is 7.93. The van der Waals surface area contributed by atoms with Gasteiger partial charge in [0, 0.05) is 23.8 Å². The van der Waals surface area contributed by atoms with E-state index in [-0.39, 0.29) is 32.7 Å². The van der Waals surface area contributed by atoms with Crippen LogP contribution in [0, 0.1) is 12.8 Å². The van der Waals surface area contributed by atoms with Crippen molar-refractivity contribution in [2.24, 2.45) is 5.92 Å². The van der Waals surface area contributed by atoms with E-state index in [1.54, 1.807) is 30.0 Å². The molecule has 3 aromatic rings. The third-order valence-corrected chi connectivity index (χ3v) is 9.88. The van der Waals surface area contributed by atoms with Gasteiger partial charge in [-0.2, -0.15) is 0 Å². The smallest absolute Gasteiger partial charge is 0.261 e. The highest BCUT2D eigenvalue weighted by Gasteiger charge is 2.26. The SMILES string of the molecule is COc1ccc(S(=O)(=O)Nc2ccc(S(=O)(=O)Nc3cccc(Cl)c3C)cc2)cc1C(=O)N1CCC(C)CC1. The van der Waals surface area contributed by atoms with Gasteiger partial charge in [0.25, 0.3) is 26.0 Å². The van der Waals surface area contributed by atoms with Gasteiger partial charge in [-0.1, -0.05) is 24.6 Å². The Morgan fingerprint density at radius 1 is 0.923 bits per heavy atom. The summed E-state index contributed by atoms with van der Waals surface area (Å²) in [5.74, 6) is 0.535. The number of carbonyl (C=O) groups excluding carboxylic acids is 1. The molecule has 0 unspecified atom stereocenters. The lowest BCUT2D eigenvalue weighted by Gasteiger charge is -2.30. The van der Waals surface area contributed by atoms with E-state index in [0.29, 0.717) is 35.3 Å².